The molecule has 0 spiro atoms. The van der Waals surface area contributed by atoms with Crippen molar-refractivity contribution < 1.29 is 27.5 Å². The molecule has 1 unspecified atom stereocenters. The molecule has 2 aliphatic rings. The summed E-state index contributed by atoms with van der Waals surface area (Å²) in [5.41, 5.74) is 1.31. The van der Waals surface area contributed by atoms with E-state index >= 15 is 0 Å². The minimum atomic E-state index is -4.98. The number of nitrogens with one attached hydrogen (secondary N) is 1. The van der Waals surface area contributed by atoms with Gasteiger partial charge in [-0.1, -0.05) is 12.1 Å². The van der Waals surface area contributed by atoms with Crippen LogP contribution in [0.1, 0.15) is 12.8 Å². The topological polar surface area (TPSA) is 61.9 Å². The molecule has 6 nitrogen and oxygen atoms in total. The van der Waals surface area contributed by atoms with Crippen LogP contribution in [-0.2, 0) is 14.3 Å². The molecule has 2 aliphatic heterocycles. The lowest BCUT2D eigenvalue weighted by molar-refractivity contribution is -0.186. The van der Waals surface area contributed by atoms with Crippen molar-refractivity contribution in [3.05, 3.63) is 24.3 Å². The van der Waals surface area contributed by atoms with Crippen LogP contribution in [0, 0.1) is 0 Å². The van der Waals surface area contributed by atoms with Crippen molar-refractivity contribution in [1.29, 1.82) is 0 Å². The molecule has 142 valence electrons. The van der Waals surface area contributed by atoms with Gasteiger partial charge in [0.15, 0.2) is 0 Å². The fourth-order valence-corrected chi connectivity index (χ4v) is 3.32. The van der Waals surface area contributed by atoms with Crippen LogP contribution < -0.4 is 10.2 Å². The van der Waals surface area contributed by atoms with Gasteiger partial charge in [0.25, 0.3) is 0 Å². The second-order valence-electron chi connectivity index (χ2n) is 6.26. The summed E-state index contributed by atoms with van der Waals surface area (Å²) in [6.07, 6.45) is -4.40. The number of likely N-dealkylation sites (tertiary alicyclic amines) is 1. The summed E-state index contributed by atoms with van der Waals surface area (Å²) < 4.78 is 43.5. The zero-order valence-electron chi connectivity index (χ0n) is 14.1. The Morgan fingerprint density at radius 2 is 1.81 bits per heavy atom. The van der Waals surface area contributed by atoms with Crippen LogP contribution in [0.2, 0.25) is 0 Å². The minimum absolute atomic E-state index is 0.0679. The van der Waals surface area contributed by atoms with Crippen molar-refractivity contribution in [3.63, 3.8) is 0 Å². The Labute approximate surface area is 148 Å². The monoisotopic (exact) mass is 371 g/mol. The highest BCUT2D eigenvalue weighted by atomic mass is 19.4. The summed E-state index contributed by atoms with van der Waals surface area (Å²) in [4.78, 5) is 26.8. The van der Waals surface area contributed by atoms with Crippen LogP contribution in [0.15, 0.2) is 24.3 Å². The number of hydrogen-bond donors (Lipinski definition) is 1. The fraction of sp³-hybridized carbons (Fsp3) is 0.529. The van der Waals surface area contributed by atoms with E-state index in [2.05, 4.69) is 5.32 Å². The summed E-state index contributed by atoms with van der Waals surface area (Å²) in [6, 6.07) is 6.01. The molecule has 9 heteroatoms. The quantitative estimate of drug-likeness (QED) is 0.883. The number of carbonyl (C=O) groups is 2. The van der Waals surface area contributed by atoms with E-state index in [4.69, 9.17) is 4.74 Å². The molecule has 0 radical (unpaired) electrons. The SMILES string of the molecule is O=C(Nc1ccccc1N1CCOCC1)C1CCCN1C(=O)C(F)(F)F. The predicted molar refractivity (Wildman–Crippen MR) is 88.9 cm³/mol. The van der Waals surface area contributed by atoms with Crippen molar-refractivity contribution in [2.45, 2.75) is 25.1 Å². The summed E-state index contributed by atoms with van der Waals surface area (Å²) in [5.74, 6) is -2.56. The van der Waals surface area contributed by atoms with Crippen molar-refractivity contribution in [2.24, 2.45) is 0 Å². The third-order valence-electron chi connectivity index (χ3n) is 4.57. The molecule has 1 aromatic carbocycles. The summed E-state index contributed by atoms with van der Waals surface area (Å²) in [6.45, 7) is 2.39. The van der Waals surface area contributed by atoms with Crippen LogP contribution in [0.3, 0.4) is 0 Å². The molecule has 2 amide bonds. The third-order valence-corrected chi connectivity index (χ3v) is 4.57. The normalized spacial score (nSPS) is 21.0. The molecule has 0 bridgehead atoms. The van der Waals surface area contributed by atoms with Gasteiger partial charge >= 0.3 is 12.1 Å². The number of benzene rings is 1. The molecule has 0 aromatic heterocycles. The Kier molecular flexibility index (Phi) is 5.36. The third kappa shape index (κ3) is 3.92. The van der Waals surface area contributed by atoms with Crippen molar-refractivity contribution in [3.8, 4) is 0 Å². The zero-order chi connectivity index (χ0) is 18.7. The largest absolute Gasteiger partial charge is 0.471 e. The lowest BCUT2D eigenvalue weighted by atomic mass is 10.1. The van der Waals surface area contributed by atoms with Crippen LogP contribution in [0.5, 0.6) is 0 Å². The average molecular weight is 371 g/mol. The summed E-state index contributed by atoms with van der Waals surface area (Å²) >= 11 is 0. The highest BCUT2D eigenvalue weighted by Crippen LogP contribution is 2.29. The highest BCUT2D eigenvalue weighted by Gasteiger charge is 2.47. The summed E-state index contributed by atoms with van der Waals surface area (Å²) in [5, 5.41) is 2.70. The van der Waals surface area contributed by atoms with Crippen LogP contribution in [0.25, 0.3) is 0 Å². The number of rotatable bonds is 3. The van der Waals surface area contributed by atoms with Crippen LogP contribution >= 0.6 is 0 Å². The standard InChI is InChI=1S/C17H20F3N3O3/c18-17(19,20)16(25)23-7-3-6-14(23)15(24)21-12-4-1-2-5-13(12)22-8-10-26-11-9-22/h1-2,4-5,14H,3,6-11H2,(H,21,24). The van der Waals surface area contributed by atoms with E-state index in [0.29, 0.717) is 43.3 Å². The van der Waals surface area contributed by atoms with Gasteiger partial charge in [-0.15, -0.1) is 0 Å². The molecule has 2 fully saturated rings. The number of halogens is 3. The van der Waals surface area contributed by atoms with Crippen LogP contribution in [0.4, 0.5) is 24.5 Å². The van der Waals surface area contributed by atoms with Gasteiger partial charge in [0.05, 0.1) is 24.6 Å². The molecule has 3 rings (SSSR count). The number of ether oxygens (including phenoxy) is 1. The summed E-state index contributed by atoms with van der Waals surface area (Å²) in [7, 11) is 0. The maximum Gasteiger partial charge on any atom is 0.471 e. The smallest absolute Gasteiger partial charge is 0.378 e. The van der Waals surface area contributed by atoms with Gasteiger partial charge in [0, 0.05) is 19.6 Å². The molecule has 1 aromatic rings. The lowest BCUT2D eigenvalue weighted by Gasteiger charge is -2.31. The number of amides is 2. The number of hydrogen-bond acceptors (Lipinski definition) is 4. The van der Waals surface area contributed by atoms with Crippen molar-refractivity contribution >= 4 is 23.2 Å². The van der Waals surface area contributed by atoms with Gasteiger partial charge in [-0.05, 0) is 25.0 Å². The van der Waals surface area contributed by atoms with E-state index in [1.54, 1.807) is 12.1 Å². The van der Waals surface area contributed by atoms with E-state index in [9.17, 15) is 22.8 Å². The Hall–Kier alpha value is -2.29. The van der Waals surface area contributed by atoms with E-state index in [1.807, 2.05) is 17.0 Å². The first-order valence-electron chi connectivity index (χ1n) is 8.48. The zero-order valence-corrected chi connectivity index (χ0v) is 14.1. The molecule has 26 heavy (non-hydrogen) atoms. The van der Waals surface area contributed by atoms with Gasteiger partial charge in [0.2, 0.25) is 5.91 Å². The Morgan fingerprint density at radius 3 is 2.50 bits per heavy atom. The number of para-hydroxylation sites is 2. The van der Waals surface area contributed by atoms with Gasteiger partial charge in [0.1, 0.15) is 6.04 Å². The molecular formula is C17H20F3N3O3. The number of carbonyl (C=O) groups excluding carboxylic acids is 2. The lowest BCUT2D eigenvalue weighted by Crippen LogP contribution is -2.48. The number of anilines is 2. The van der Waals surface area contributed by atoms with Gasteiger partial charge in [-0.2, -0.15) is 13.2 Å². The number of nitrogens with zero attached hydrogens (tertiary/aromatic N) is 2. The van der Waals surface area contributed by atoms with E-state index in [-0.39, 0.29) is 13.0 Å². The molecule has 0 saturated carbocycles. The maximum absolute atomic E-state index is 12.7. The molecule has 2 heterocycles. The Bertz CT molecular complexity index is 675. The second kappa shape index (κ2) is 7.53. The van der Waals surface area contributed by atoms with E-state index in [0.717, 1.165) is 5.69 Å². The van der Waals surface area contributed by atoms with Gasteiger partial charge in [-0.3, -0.25) is 9.59 Å². The number of morpholine rings is 1. The van der Waals surface area contributed by atoms with Gasteiger partial charge < -0.3 is 19.9 Å². The molecular weight excluding hydrogens is 351 g/mol. The fourth-order valence-electron chi connectivity index (χ4n) is 3.32. The van der Waals surface area contributed by atoms with Gasteiger partial charge in [-0.25, -0.2) is 0 Å². The first-order valence-corrected chi connectivity index (χ1v) is 8.48. The molecule has 0 aliphatic carbocycles. The Morgan fingerprint density at radius 1 is 1.12 bits per heavy atom. The van der Waals surface area contributed by atoms with Crippen molar-refractivity contribution in [2.75, 3.05) is 43.1 Å². The Balaban J connectivity index is 1.75. The molecule has 1 N–H and O–H groups in total. The maximum atomic E-state index is 12.7. The molecule has 2 saturated heterocycles. The van der Waals surface area contributed by atoms with E-state index in [1.165, 1.54) is 0 Å². The first-order chi connectivity index (χ1) is 12.4. The first kappa shape index (κ1) is 18.5. The highest BCUT2D eigenvalue weighted by molar-refractivity contribution is 6.00. The van der Waals surface area contributed by atoms with E-state index < -0.39 is 24.0 Å². The van der Waals surface area contributed by atoms with Crippen molar-refractivity contribution in [1.82, 2.24) is 4.90 Å². The minimum Gasteiger partial charge on any atom is -0.378 e. The van der Waals surface area contributed by atoms with Crippen LogP contribution in [-0.4, -0.2) is 61.8 Å². The average Bonchev–Trinajstić information content (AvgIpc) is 3.11. The predicted octanol–water partition coefficient (Wildman–Crippen LogP) is 2.01. The second-order valence-corrected chi connectivity index (χ2v) is 6.26. The number of alkyl halides is 3. The molecule has 1 atom stereocenters.